The number of piperidine rings is 1. The fourth-order valence-electron chi connectivity index (χ4n) is 2.86. The van der Waals surface area contributed by atoms with Crippen molar-refractivity contribution in [3.63, 3.8) is 0 Å². The summed E-state index contributed by atoms with van der Waals surface area (Å²) in [6, 6.07) is 0. The second kappa shape index (κ2) is 8.00. The molecule has 0 saturated carbocycles. The van der Waals surface area contributed by atoms with Crippen LogP contribution in [0, 0.1) is 0 Å². The third-order valence-corrected chi connectivity index (χ3v) is 4.08. The minimum absolute atomic E-state index is 0.272. The molecular weight excluding hydrogens is 308 g/mol. The number of nitrogen functional groups attached to an aromatic ring is 1. The van der Waals surface area contributed by atoms with Crippen molar-refractivity contribution in [1.82, 2.24) is 29.6 Å². The number of rotatable bonds is 8. The summed E-state index contributed by atoms with van der Waals surface area (Å²) in [4.78, 5) is 13.7. The Morgan fingerprint density at radius 1 is 1.29 bits per heavy atom. The number of likely N-dealkylation sites (tertiary alicyclic amines) is 1. The van der Waals surface area contributed by atoms with E-state index in [0.717, 1.165) is 19.5 Å². The van der Waals surface area contributed by atoms with E-state index in [2.05, 4.69) is 25.4 Å². The molecule has 3 rings (SSSR count). The minimum atomic E-state index is 0.272. The van der Waals surface area contributed by atoms with Crippen molar-refractivity contribution >= 4 is 11.9 Å². The average molecular weight is 334 g/mol. The number of nitrogens with two attached hydrogens (primary N) is 1. The van der Waals surface area contributed by atoms with Crippen LogP contribution in [0.2, 0.25) is 0 Å². The quantitative estimate of drug-likeness (QED) is 0.679. The van der Waals surface area contributed by atoms with Gasteiger partial charge >= 0.3 is 0 Å². The van der Waals surface area contributed by atoms with Crippen LogP contribution in [-0.2, 0) is 13.6 Å². The number of aryl methyl sites for hydroxylation is 1. The number of aromatic nitrogens is 5. The molecule has 1 aliphatic heterocycles. The van der Waals surface area contributed by atoms with Gasteiger partial charge in [-0.2, -0.15) is 4.98 Å². The Hall–Kier alpha value is -2.29. The maximum atomic E-state index is 5.63. The molecule has 3 heterocycles. The molecule has 0 radical (unpaired) electrons. The second-order valence-electron chi connectivity index (χ2n) is 6.12. The van der Waals surface area contributed by atoms with Gasteiger partial charge in [0.15, 0.2) is 0 Å². The van der Waals surface area contributed by atoms with Gasteiger partial charge in [-0.05, 0) is 25.9 Å². The smallest absolute Gasteiger partial charge is 0.241 e. The maximum Gasteiger partial charge on any atom is 0.241 e. The first-order valence-corrected chi connectivity index (χ1v) is 8.50. The van der Waals surface area contributed by atoms with E-state index in [1.165, 1.54) is 37.9 Å². The number of nitrogens with one attached hydrogen (secondary N) is 1. The Labute approximate surface area is 141 Å². The van der Waals surface area contributed by atoms with Gasteiger partial charge in [-0.15, -0.1) is 15.0 Å². The van der Waals surface area contributed by atoms with E-state index in [9.17, 15) is 0 Å². The highest BCUT2D eigenvalue weighted by Crippen LogP contribution is 2.12. The lowest BCUT2D eigenvalue weighted by atomic mass is 10.1. The van der Waals surface area contributed by atoms with Gasteiger partial charge in [0.25, 0.3) is 0 Å². The van der Waals surface area contributed by atoms with Crippen LogP contribution in [0.3, 0.4) is 0 Å². The van der Waals surface area contributed by atoms with Gasteiger partial charge < -0.3 is 15.9 Å². The van der Waals surface area contributed by atoms with Crippen molar-refractivity contribution in [2.24, 2.45) is 7.05 Å². The van der Waals surface area contributed by atoms with Crippen LogP contribution >= 0.6 is 0 Å². The predicted octanol–water partition coefficient (Wildman–Crippen LogP) is 0.510. The van der Waals surface area contributed by atoms with Gasteiger partial charge in [-0.1, -0.05) is 6.42 Å². The normalized spacial score (nSPS) is 15.5. The summed E-state index contributed by atoms with van der Waals surface area (Å²) in [7, 11) is 1.80. The molecule has 1 fully saturated rings. The zero-order chi connectivity index (χ0) is 16.8. The summed E-state index contributed by atoms with van der Waals surface area (Å²) in [6.45, 7) is 4.63. The van der Waals surface area contributed by atoms with Gasteiger partial charge in [-0.3, -0.25) is 4.90 Å². The van der Waals surface area contributed by atoms with Crippen molar-refractivity contribution in [2.75, 3.05) is 37.3 Å². The Balaban J connectivity index is 1.34. The highest BCUT2D eigenvalue weighted by atomic mass is 16.7. The molecule has 2 aromatic rings. The molecule has 1 saturated heterocycles. The topological polar surface area (TPSA) is 99.1 Å². The fourth-order valence-corrected chi connectivity index (χ4v) is 2.86. The van der Waals surface area contributed by atoms with Gasteiger partial charge in [0.1, 0.15) is 6.61 Å². The molecule has 9 nitrogen and oxygen atoms in total. The third-order valence-electron chi connectivity index (χ3n) is 4.08. The Morgan fingerprint density at radius 3 is 2.88 bits per heavy atom. The molecule has 0 aromatic carbocycles. The van der Waals surface area contributed by atoms with Crippen LogP contribution in [0.5, 0.6) is 0 Å². The first-order valence-electron chi connectivity index (χ1n) is 8.50. The van der Waals surface area contributed by atoms with Crippen LogP contribution in [0.25, 0.3) is 0 Å². The number of nitrogens with zero attached hydrogens (tertiary/aromatic N) is 6. The van der Waals surface area contributed by atoms with E-state index in [1.54, 1.807) is 16.6 Å². The van der Waals surface area contributed by atoms with Gasteiger partial charge in [0.05, 0.1) is 12.4 Å². The molecule has 1 aliphatic rings. The van der Waals surface area contributed by atoms with E-state index in [-0.39, 0.29) is 5.95 Å². The minimum Gasteiger partial charge on any atom is -0.397 e. The summed E-state index contributed by atoms with van der Waals surface area (Å²) in [5, 5.41) is 11.4. The largest absolute Gasteiger partial charge is 0.397 e. The molecule has 0 aliphatic carbocycles. The molecule has 2 aromatic heterocycles. The summed E-state index contributed by atoms with van der Waals surface area (Å²) in [6.07, 6.45) is 8.63. The SMILES string of the molecule is Cn1nc(N)nc1NCCCOn1cc(CN2CCCCC2)cn1. The molecular formula is C15H26N8O. The van der Waals surface area contributed by atoms with E-state index in [0.29, 0.717) is 12.6 Å². The van der Waals surface area contributed by atoms with E-state index >= 15 is 0 Å². The van der Waals surface area contributed by atoms with Crippen molar-refractivity contribution in [2.45, 2.75) is 32.2 Å². The number of hydrogen-bond acceptors (Lipinski definition) is 7. The number of hydrogen-bond donors (Lipinski definition) is 2. The van der Waals surface area contributed by atoms with E-state index < -0.39 is 0 Å². The van der Waals surface area contributed by atoms with Crippen LogP contribution in [0.1, 0.15) is 31.2 Å². The van der Waals surface area contributed by atoms with E-state index in [1.807, 2.05) is 12.4 Å². The maximum absolute atomic E-state index is 5.63. The Bertz CT molecular complexity index is 631. The Kier molecular flexibility index (Phi) is 5.52. The lowest BCUT2D eigenvalue weighted by Gasteiger charge is -2.25. The molecule has 132 valence electrons. The lowest BCUT2D eigenvalue weighted by molar-refractivity contribution is 0.0818. The molecule has 0 unspecified atom stereocenters. The summed E-state index contributed by atoms with van der Waals surface area (Å²) in [5.74, 6) is 0.935. The van der Waals surface area contributed by atoms with Crippen molar-refractivity contribution in [3.05, 3.63) is 18.0 Å². The molecule has 24 heavy (non-hydrogen) atoms. The molecule has 0 bridgehead atoms. The Morgan fingerprint density at radius 2 is 2.12 bits per heavy atom. The molecule has 0 atom stereocenters. The zero-order valence-electron chi connectivity index (χ0n) is 14.2. The molecule has 9 heteroatoms. The third kappa shape index (κ3) is 4.60. The molecule has 0 spiro atoms. The monoisotopic (exact) mass is 334 g/mol. The summed E-state index contributed by atoms with van der Waals surface area (Å²) >= 11 is 0. The summed E-state index contributed by atoms with van der Waals surface area (Å²) < 4.78 is 1.62. The lowest BCUT2D eigenvalue weighted by Crippen LogP contribution is -2.28. The van der Waals surface area contributed by atoms with Crippen LogP contribution < -0.4 is 15.9 Å². The molecule has 0 amide bonds. The highest BCUT2D eigenvalue weighted by molar-refractivity contribution is 5.31. The van der Waals surface area contributed by atoms with Crippen molar-refractivity contribution in [3.8, 4) is 0 Å². The van der Waals surface area contributed by atoms with Gasteiger partial charge in [0, 0.05) is 32.1 Å². The molecule has 3 N–H and O–H groups in total. The average Bonchev–Trinajstić information content (AvgIpc) is 3.14. The first-order chi connectivity index (χ1) is 11.7. The standard InChI is InChI=1S/C15H26N8O/c1-21-15(19-14(16)20-21)17-6-5-9-24-23-12-13(10-18-23)11-22-7-3-2-4-8-22/h10,12H,2-9,11H2,1H3,(H3,16,17,19,20). The van der Waals surface area contributed by atoms with Gasteiger partial charge in [-0.25, -0.2) is 4.68 Å². The number of anilines is 2. The van der Waals surface area contributed by atoms with Gasteiger partial charge in [0.2, 0.25) is 11.9 Å². The highest BCUT2D eigenvalue weighted by Gasteiger charge is 2.11. The second-order valence-corrected chi connectivity index (χ2v) is 6.12. The van der Waals surface area contributed by atoms with Crippen molar-refractivity contribution < 1.29 is 4.84 Å². The van der Waals surface area contributed by atoms with Crippen molar-refractivity contribution in [1.29, 1.82) is 0 Å². The van der Waals surface area contributed by atoms with Crippen LogP contribution in [0.4, 0.5) is 11.9 Å². The predicted molar refractivity (Wildman–Crippen MR) is 91.3 cm³/mol. The fraction of sp³-hybridized carbons (Fsp3) is 0.667. The first kappa shape index (κ1) is 16.6. The zero-order valence-corrected chi connectivity index (χ0v) is 14.2. The van der Waals surface area contributed by atoms with E-state index in [4.69, 9.17) is 10.6 Å². The van der Waals surface area contributed by atoms with Crippen LogP contribution in [0.15, 0.2) is 12.4 Å². The van der Waals surface area contributed by atoms with Crippen LogP contribution in [-0.4, -0.2) is 55.8 Å². The summed E-state index contributed by atoms with van der Waals surface area (Å²) in [5.41, 5.74) is 6.73.